The molecule has 2 heterocycles. The Labute approximate surface area is 178 Å². The lowest BCUT2D eigenvalue weighted by atomic mass is 10.1. The topological polar surface area (TPSA) is 89.5 Å². The Morgan fingerprint density at radius 2 is 1.90 bits per heavy atom. The molecule has 0 fully saturated rings. The molecule has 1 aromatic carbocycles. The van der Waals surface area contributed by atoms with Gasteiger partial charge in [0.1, 0.15) is 5.00 Å². The van der Waals surface area contributed by atoms with E-state index in [1.165, 1.54) is 24.3 Å². The van der Waals surface area contributed by atoms with Gasteiger partial charge in [-0.2, -0.15) is 13.2 Å². The summed E-state index contributed by atoms with van der Waals surface area (Å²) in [5, 5.41) is 2.73. The first kappa shape index (κ1) is 22.6. The highest BCUT2D eigenvalue weighted by molar-refractivity contribution is 8.00. The second-order valence-electron chi connectivity index (χ2n) is 6.30. The molecule has 12 heteroatoms. The molecule has 0 atom stereocenters. The summed E-state index contributed by atoms with van der Waals surface area (Å²) in [7, 11) is -3.29. The molecule has 0 saturated heterocycles. The number of thiophene rings is 1. The maximum atomic E-state index is 12.6. The number of alkyl halides is 3. The van der Waals surface area contributed by atoms with Gasteiger partial charge in [-0.15, -0.1) is 11.3 Å². The molecule has 0 bridgehead atoms. The molecule has 0 saturated carbocycles. The highest BCUT2D eigenvalue weighted by atomic mass is 32.2. The number of thioether (sulfide) groups is 1. The molecule has 6 nitrogen and oxygen atoms in total. The van der Waals surface area contributed by atoms with Crippen molar-refractivity contribution >= 4 is 49.8 Å². The Bertz CT molecular complexity index is 1080. The van der Waals surface area contributed by atoms with Crippen LogP contribution in [0.3, 0.4) is 0 Å². The summed E-state index contributed by atoms with van der Waals surface area (Å²) in [5.41, 5.74) is -3.67. The summed E-state index contributed by atoms with van der Waals surface area (Å²) in [6.07, 6.45) is 0.140. The van der Waals surface area contributed by atoms with Crippen LogP contribution in [-0.4, -0.2) is 38.2 Å². The number of carbonyl (C=O) groups excluding carboxylic acids is 2. The number of amides is 1. The average molecular weight is 480 g/mol. The van der Waals surface area contributed by atoms with Crippen LogP contribution >= 0.6 is 23.1 Å². The van der Waals surface area contributed by atoms with Gasteiger partial charge < -0.3 is 10.1 Å². The Morgan fingerprint density at radius 3 is 2.50 bits per heavy atom. The van der Waals surface area contributed by atoms with Gasteiger partial charge in [0.25, 0.3) is 5.91 Å². The molecular formula is C18H16F3NO5S3. The number of halogens is 3. The van der Waals surface area contributed by atoms with Crippen LogP contribution in [0.25, 0.3) is 0 Å². The van der Waals surface area contributed by atoms with Gasteiger partial charge in [0, 0.05) is 15.3 Å². The molecule has 1 amide bonds. The summed E-state index contributed by atoms with van der Waals surface area (Å²) >= 11 is 0.695. The largest absolute Gasteiger partial charge is 0.462 e. The monoisotopic (exact) mass is 479 g/mol. The Kier molecular flexibility index (Phi) is 6.48. The van der Waals surface area contributed by atoms with Crippen molar-refractivity contribution in [2.24, 2.45) is 0 Å². The number of hydrogen-bond acceptors (Lipinski definition) is 7. The smallest absolute Gasteiger partial charge is 0.446 e. The van der Waals surface area contributed by atoms with E-state index in [2.05, 4.69) is 5.32 Å². The third-order valence-electron chi connectivity index (χ3n) is 4.16. The first-order valence-electron chi connectivity index (χ1n) is 8.68. The van der Waals surface area contributed by atoms with E-state index in [1.807, 2.05) is 0 Å². The fourth-order valence-electron chi connectivity index (χ4n) is 2.91. The zero-order valence-corrected chi connectivity index (χ0v) is 18.0. The molecule has 162 valence electrons. The van der Waals surface area contributed by atoms with Gasteiger partial charge in [-0.05, 0) is 54.9 Å². The normalized spacial score (nSPS) is 15.3. The minimum absolute atomic E-state index is 0.0666. The first-order chi connectivity index (χ1) is 14.0. The van der Waals surface area contributed by atoms with Crippen LogP contribution in [0, 0.1) is 0 Å². The third kappa shape index (κ3) is 5.35. The Morgan fingerprint density at radius 1 is 1.23 bits per heavy atom. The van der Waals surface area contributed by atoms with E-state index in [4.69, 9.17) is 4.74 Å². The SMILES string of the molecule is CCOC(=O)c1c(NC(=O)c2ccc(SC(F)(F)F)cc2)sc2c1CCS(=O)(=O)C2. The van der Waals surface area contributed by atoms with Gasteiger partial charge in [0.05, 0.1) is 23.7 Å². The quantitative estimate of drug-likeness (QED) is 0.509. The molecule has 2 aromatic rings. The van der Waals surface area contributed by atoms with Crippen LogP contribution in [0.1, 0.15) is 38.1 Å². The number of esters is 1. The summed E-state index contributed by atoms with van der Waals surface area (Å²) in [6, 6.07) is 4.83. The second-order valence-corrected chi connectivity index (χ2v) is 10.7. The van der Waals surface area contributed by atoms with Gasteiger partial charge in [-0.1, -0.05) is 0 Å². The van der Waals surface area contributed by atoms with E-state index in [9.17, 15) is 31.2 Å². The van der Waals surface area contributed by atoms with Crippen molar-refractivity contribution in [2.45, 2.75) is 29.5 Å². The standard InChI is InChI=1S/C18H16F3NO5S3/c1-2-27-17(24)14-12-7-8-30(25,26)9-13(12)28-16(14)22-15(23)10-3-5-11(6-4-10)29-18(19,20)21/h3-6H,2,7-9H2,1H3,(H,22,23). The molecule has 0 spiro atoms. The summed E-state index contributed by atoms with van der Waals surface area (Å²) in [6.45, 7) is 1.73. The van der Waals surface area contributed by atoms with Gasteiger partial charge in [-0.3, -0.25) is 4.79 Å². The average Bonchev–Trinajstić information content (AvgIpc) is 2.96. The summed E-state index contributed by atoms with van der Waals surface area (Å²) in [4.78, 5) is 25.4. The van der Waals surface area contributed by atoms with Crippen molar-refractivity contribution in [3.63, 3.8) is 0 Å². The number of anilines is 1. The van der Waals surface area contributed by atoms with Crippen molar-refractivity contribution in [2.75, 3.05) is 17.7 Å². The molecule has 1 aliphatic heterocycles. The maximum absolute atomic E-state index is 12.6. The van der Waals surface area contributed by atoms with Crippen LogP contribution in [-0.2, 0) is 26.7 Å². The molecule has 0 unspecified atom stereocenters. The molecule has 1 aliphatic rings. The highest BCUT2D eigenvalue weighted by Crippen LogP contribution is 2.39. The zero-order chi connectivity index (χ0) is 22.1. The van der Waals surface area contributed by atoms with E-state index in [1.54, 1.807) is 6.92 Å². The van der Waals surface area contributed by atoms with Crippen LogP contribution in [0.2, 0.25) is 0 Å². The van der Waals surface area contributed by atoms with Gasteiger partial charge in [0.15, 0.2) is 9.84 Å². The van der Waals surface area contributed by atoms with E-state index < -0.39 is 27.2 Å². The molecule has 0 radical (unpaired) electrons. The Balaban J connectivity index is 1.87. The van der Waals surface area contributed by atoms with E-state index in [0.717, 1.165) is 11.3 Å². The zero-order valence-electron chi connectivity index (χ0n) is 15.5. The summed E-state index contributed by atoms with van der Waals surface area (Å²) < 4.78 is 66.2. The van der Waals surface area contributed by atoms with Crippen LogP contribution in [0.5, 0.6) is 0 Å². The first-order valence-corrected chi connectivity index (χ1v) is 12.1. The lowest BCUT2D eigenvalue weighted by molar-refractivity contribution is -0.0328. The minimum atomic E-state index is -4.44. The number of rotatable bonds is 5. The number of hydrogen-bond donors (Lipinski definition) is 1. The molecule has 0 aliphatic carbocycles. The van der Waals surface area contributed by atoms with E-state index in [0.29, 0.717) is 10.4 Å². The molecular weight excluding hydrogens is 463 g/mol. The number of ether oxygens (including phenoxy) is 1. The van der Waals surface area contributed by atoms with Crippen LogP contribution < -0.4 is 5.32 Å². The molecule has 30 heavy (non-hydrogen) atoms. The number of fused-ring (bicyclic) bond motifs is 1. The highest BCUT2D eigenvalue weighted by Gasteiger charge is 2.32. The minimum Gasteiger partial charge on any atom is -0.462 e. The molecule has 1 N–H and O–H groups in total. The third-order valence-corrected chi connectivity index (χ3v) is 7.79. The lowest BCUT2D eigenvalue weighted by Gasteiger charge is -2.13. The van der Waals surface area contributed by atoms with Crippen molar-refractivity contribution < 1.29 is 35.9 Å². The van der Waals surface area contributed by atoms with Crippen molar-refractivity contribution in [1.29, 1.82) is 0 Å². The van der Waals surface area contributed by atoms with Crippen LogP contribution in [0.15, 0.2) is 29.2 Å². The van der Waals surface area contributed by atoms with Crippen molar-refractivity contribution in [1.82, 2.24) is 0 Å². The van der Waals surface area contributed by atoms with E-state index in [-0.39, 0.29) is 57.3 Å². The Hall–Kier alpha value is -2.05. The van der Waals surface area contributed by atoms with Crippen LogP contribution in [0.4, 0.5) is 18.2 Å². The second kappa shape index (κ2) is 8.60. The maximum Gasteiger partial charge on any atom is 0.446 e. The number of carbonyl (C=O) groups is 2. The molecule has 3 rings (SSSR count). The van der Waals surface area contributed by atoms with Gasteiger partial charge in [0.2, 0.25) is 0 Å². The van der Waals surface area contributed by atoms with Gasteiger partial charge in [-0.25, -0.2) is 13.2 Å². The number of nitrogens with one attached hydrogen (secondary N) is 1. The number of sulfone groups is 1. The van der Waals surface area contributed by atoms with Gasteiger partial charge >= 0.3 is 11.5 Å². The lowest BCUT2D eigenvalue weighted by Crippen LogP contribution is -2.20. The fraction of sp³-hybridized carbons (Fsp3) is 0.333. The predicted octanol–water partition coefficient (Wildman–Crippen LogP) is 4.26. The van der Waals surface area contributed by atoms with Crippen molar-refractivity contribution in [3.8, 4) is 0 Å². The number of benzene rings is 1. The predicted molar refractivity (Wildman–Crippen MR) is 108 cm³/mol. The fourth-order valence-corrected chi connectivity index (χ4v) is 6.49. The molecule has 1 aromatic heterocycles. The van der Waals surface area contributed by atoms with Crippen molar-refractivity contribution in [3.05, 3.63) is 45.8 Å². The summed E-state index contributed by atoms with van der Waals surface area (Å²) in [5.74, 6) is -1.62. The van der Waals surface area contributed by atoms with E-state index >= 15 is 0 Å².